The number of nitrogens with zero attached hydrogens (tertiary/aromatic N) is 4. The molecule has 2 aromatic heterocycles. The lowest BCUT2D eigenvalue weighted by Gasteiger charge is -2.42. The molecule has 0 saturated carbocycles. The Morgan fingerprint density at radius 1 is 1.26 bits per heavy atom. The van der Waals surface area contributed by atoms with Crippen LogP contribution in [-0.2, 0) is 10.2 Å². The molecule has 31 heavy (non-hydrogen) atoms. The Morgan fingerprint density at radius 2 is 2.03 bits per heavy atom. The maximum atomic E-state index is 13.6. The average molecular weight is 434 g/mol. The van der Waals surface area contributed by atoms with Crippen LogP contribution in [0.25, 0.3) is 10.9 Å². The van der Waals surface area contributed by atoms with Gasteiger partial charge in [-0.2, -0.15) is 5.26 Å². The molecule has 1 N–H and O–H groups in total. The second-order valence-corrected chi connectivity index (χ2v) is 10.1. The Morgan fingerprint density at radius 3 is 2.71 bits per heavy atom. The number of aromatic nitrogens is 2. The van der Waals surface area contributed by atoms with Crippen LogP contribution in [0.4, 0.5) is 5.13 Å². The van der Waals surface area contributed by atoms with E-state index < -0.39 is 5.41 Å². The van der Waals surface area contributed by atoms with E-state index in [-0.39, 0.29) is 5.78 Å². The SMILES string of the molecule is CC1(C)c2nc(N3CCN(C4COC4)CC3)sc2C(=O)c2c1[nH]c1cc(C#N)ccc21. The minimum Gasteiger partial charge on any atom is -0.378 e. The van der Waals surface area contributed by atoms with Gasteiger partial charge in [0, 0.05) is 48.2 Å². The summed E-state index contributed by atoms with van der Waals surface area (Å²) in [6, 6.07) is 8.21. The minimum atomic E-state index is -0.412. The van der Waals surface area contributed by atoms with Gasteiger partial charge in [0.2, 0.25) is 5.78 Å². The van der Waals surface area contributed by atoms with Crippen molar-refractivity contribution in [3.8, 4) is 6.07 Å². The van der Waals surface area contributed by atoms with Crippen LogP contribution in [0.2, 0.25) is 0 Å². The summed E-state index contributed by atoms with van der Waals surface area (Å²) >= 11 is 1.52. The van der Waals surface area contributed by atoms with Gasteiger partial charge in [0.05, 0.1) is 42.1 Å². The van der Waals surface area contributed by atoms with Gasteiger partial charge in [-0.1, -0.05) is 17.4 Å². The molecule has 1 aromatic carbocycles. The molecule has 2 saturated heterocycles. The zero-order valence-electron chi connectivity index (χ0n) is 17.6. The molecule has 0 spiro atoms. The maximum Gasteiger partial charge on any atom is 0.207 e. The van der Waals surface area contributed by atoms with Crippen molar-refractivity contribution >= 4 is 33.2 Å². The molecule has 2 aliphatic heterocycles. The summed E-state index contributed by atoms with van der Waals surface area (Å²) in [6.07, 6.45) is 0. The molecular weight excluding hydrogens is 410 g/mol. The number of thiazole rings is 1. The van der Waals surface area contributed by atoms with Gasteiger partial charge in [-0.15, -0.1) is 0 Å². The highest BCUT2D eigenvalue weighted by Crippen LogP contribution is 2.46. The molecule has 7 nitrogen and oxygen atoms in total. The van der Waals surface area contributed by atoms with Crippen molar-refractivity contribution in [3.05, 3.63) is 45.6 Å². The van der Waals surface area contributed by atoms with Crippen LogP contribution in [-0.4, -0.2) is 66.1 Å². The first-order valence-corrected chi connectivity index (χ1v) is 11.5. The van der Waals surface area contributed by atoms with Crippen LogP contribution in [0.15, 0.2) is 18.2 Å². The van der Waals surface area contributed by atoms with Crippen molar-refractivity contribution in [2.45, 2.75) is 25.3 Å². The van der Waals surface area contributed by atoms with Gasteiger partial charge in [0.25, 0.3) is 0 Å². The van der Waals surface area contributed by atoms with Crippen molar-refractivity contribution in [2.24, 2.45) is 0 Å². The van der Waals surface area contributed by atoms with Crippen LogP contribution < -0.4 is 4.90 Å². The molecule has 0 bridgehead atoms. The van der Waals surface area contributed by atoms with E-state index in [1.54, 1.807) is 6.07 Å². The number of hydrogen-bond donors (Lipinski definition) is 1. The number of ketones is 1. The molecule has 0 atom stereocenters. The van der Waals surface area contributed by atoms with Crippen molar-refractivity contribution in [2.75, 3.05) is 44.3 Å². The van der Waals surface area contributed by atoms with Gasteiger partial charge < -0.3 is 14.6 Å². The van der Waals surface area contributed by atoms with E-state index in [9.17, 15) is 10.1 Å². The monoisotopic (exact) mass is 433 g/mol. The molecule has 0 unspecified atom stereocenters. The van der Waals surface area contributed by atoms with Crippen molar-refractivity contribution < 1.29 is 9.53 Å². The molecule has 6 rings (SSSR count). The fourth-order valence-electron chi connectivity index (χ4n) is 4.94. The number of piperazine rings is 1. The lowest BCUT2D eigenvalue weighted by atomic mass is 9.77. The van der Waals surface area contributed by atoms with Crippen molar-refractivity contribution in [1.29, 1.82) is 5.26 Å². The number of fused-ring (bicyclic) bond motifs is 4. The first-order valence-electron chi connectivity index (χ1n) is 10.7. The molecule has 1 aliphatic carbocycles. The Hall–Kier alpha value is -2.73. The number of H-pyrrole nitrogens is 1. The predicted molar refractivity (Wildman–Crippen MR) is 119 cm³/mol. The van der Waals surface area contributed by atoms with E-state index in [2.05, 4.69) is 34.7 Å². The number of nitriles is 1. The lowest BCUT2D eigenvalue weighted by molar-refractivity contribution is -0.0660. The Labute approximate surface area is 184 Å². The average Bonchev–Trinajstić information content (AvgIpc) is 3.35. The Kier molecular flexibility index (Phi) is 4.06. The largest absolute Gasteiger partial charge is 0.378 e. The standard InChI is InChI=1S/C23H23N5O2S/c1-23(2)20-17(15-4-3-13(10-24)9-16(15)25-20)18(29)19-21(23)26-22(31-19)28-7-5-27(6-8-28)14-11-30-12-14/h3-4,9,14,25H,5-8,11-12H2,1-2H3. The molecule has 8 heteroatoms. The third kappa shape index (κ3) is 2.70. The summed E-state index contributed by atoms with van der Waals surface area (Å²) in [7, 11) is 0. The number of carbonyl (C=O) groups excluding carboxylic acids is 1. The summed E-state index contributed by atoms with van der Waals surface area (Å²) in [4.78, 5) is 27.5. The summed E-state index contributed by atoms with van der Waals surface area (Å²) in [5.74, 6) is 0.0364. The molecule has 0 radical (unpaired) electrons. The summed E-state index contributed by atoms with van der Waals surface area (Å²) in [5, 5.41) is 11.0. The quantitative estimate of drug-likeness (QED) is 0.669. The highest BCUT2D eigenvalue weighted by molar-refractivity contribution is 7.18. The van der Waals surface area contributed by atoms with E-state index >= 15 is 0 Å². The highest BCUT2D eigenvalue weighted by atomic mass is 32.1. The van der Waals surface area contributed by atoms with E-state index in [0.717, 1.165) is 77.3 Å². The summed E-state index contributed by atoms with van der Waals surface area (Å²) in [5.41, 5.74) is 3.47. The van der Waals surface area contributed by atoms with Gasteiger partial charge in [0.1, 0.15) is 4.88 Å². The molecule has 3 aliphatic rings. The molecular formula is C23H23N5O2S. The number of carbonyl (C=O) groups is 1. The fourth-order valence-corrected chi connectivity index (χ4v) is 6.16. The molecule has 0 amide bonds. The Balaban J connectivity index is 1.36. The fraction of sp³-hybridized carbons (Fsp3) is 0.435. The van der Waals surface area contributed by atoms with E-state index in [1.165, 1.54) is 11.3 Å². The molecule has 4 heterocycles. The molecule has 3 aromatic rings. The summed E-state index contributed by atoms with van der Waals surface area (Å²) < 4.78 is 5.33. The second kappa shape index (κ2) is 6.63. The van der Waals surface area contributed by atoms with Crippen molar-refractivity contribution in [3.63, 3.8) is 0 Å². The topological polar surface area (TPSA) is 85.2 Å². The first-order chi connectivity index (χ1) is 15.0. The number of nitrogens with one attached hydrogen (secondary N) is 1. The van der Waals surface area contributed by atoms with Gasteiger partial charge in [0.15, 0.2) is 5.13 Å². The number of anilines is 1. The van der Waals surface area contributed by atoms with Crippen molar-refractivity contribution in [1.82, 2.24) is 14.9 Å². The number of hydrogen-bond acceptors (Lipinski definition) is 7. The smallest absolute Gasteiger partial charge is 0.207 e. The predicted octanol–water partition coefficient (Wildman–Crippen LogP) is 2.89. The van der Waals surface area contributed by atoms with Gasteiger partial charge in [-0.05, 0) is 26.0 Å². The van der Waals surface area contributed by atoms with Crippen LogP contribution >= 0.6 is 11.3 Å². The highest BCUT2D eigenvalue weighted by Gasteiger charge is 2.43. The Bertz CT molecular complexity index is 1250. The lowest BCUT2D eigenvalue weighted by Crippen LogP contribution is -2.56. The number of ether oxygens (including phenoxy) is 1. The first kappa shape index (κ1) is 19.0. The number of benzene rings is 1. The second-order valence-electron chi connectivity index (χ2n) is 9.09. The van der Waals surface area contributed by atoms with Crippen LogP contribution in [0.5, 0.6) is 0 Å². The molecule has 158 valence electrons. The zero-order chi connectivity index (χ0) is 21.3. The van der Waals surface area contributed by atoms with Crippen LogP contribution in [0.1, 0.15) is 46.0 Å². The van der Waals surface area contributed by atoms with Crippen LogP contribution in [0.3, 0.4) is 0 Å². The van der Waals surface area contributed by atoms with Gasteiger partial charge in [-0.25, -0.2) is 4.98 Å². The van der Waals surface area contributed by atoms with Gasteiger partial charge in [-0.3, -0.25) is 9.69 Å². The van der Waals surface area contributed by atoms with E-state index in [1.807, 2.05) is 12.1 Å². The third-order valence-corrected chi connectivity index (χ3v) is 8.03. The maximum absolute atomic E-state index is 13.6. The number of rotatable bonds is 2. The van der Waals surface area contributed by atoms with Gasteiger partial charge >= 0.3 is 0 Å². The minimum absolute atomic E-state index is 0.0364. The number of aromatic amines is 1. The summed E-state index contributed by atoms with van der Waals surface area (Å²) in [6.45, 7) is 9.77. The van der Waals surface area contributed by atoms with E-state index in [4.69, 9.17) is 9.72 Å². The van der Waals surface area contributed by atoms with E-state index in [0.29, 0.717) is 11.6 Å². The molecule has 2 fully saturated rings. The third-order valence-electron chi connectivity index (χ3n) is 6.92. The normalized spacial score (nSPS) is 20.9. The zero-order valence-corrected chi connectivity index (χ0v) is 18.4. The van der Waals surface area contributed by atoms with Crippen LogP contribution in [0, 0.1) is 11.3 Å².